The number of thioether (sulfide) groups is 1. The molecule has 21 heavy (non-hydrogen) atoms. The lowest BCUT2D eigenvalue weighted by Crippen LogP contribution is -2.40. The number of rotatable bonds is 3. The van der Waals surface area contributed by atoms with E-state index >= 15 is 0 Å². The highest BCUT2D eigenvalue weighted by molar-refractivity contribution is 8.00. The lowest BCUT2D eigenvalue weighted by Gasteiger charge is -2.30. The minimum atomic E-state index is -0.114. The molecule has 110 valence electrons. The van der Waals surface area contributed by atoms with Gasteiger partial charge in [0.15, 0.2) is 5.16 Å². The van der Waals surface area contributed by atoms with Crippen LogP contribution in [0.1, 0.15) is 18.1 Å². The van der Waals surface area contributed by atoms with Gasteiger partial charge in [0.1, 0.15) is 0 Å². The first kappa shape index (κ1) is 14.2. The largest absolute Gasteiger partial charge is 0.337 e. The first-order valence-electron chi connectivity index (χ1n) is 7.14. The lowest BCUT2D eigenvalue weighted by atomic mass is 10.00. The molecule has 0 unspecified atom stereocenters. The predicted octanol–water partition coefficient (Wildman–Crippen LogP) is 2.49. The molecule has 3 rings (SSSR count). The maximum Gasteiger partial charge on any atom is 0.236 e. The van der Waals surface area contributed by atoms with Crippen LogP contribution >= 0.6 is 11.8 Å². The molecule has 4 nitrogen and oxygen atoms in total. The molecule has 0 fully saturated rings. The Kier molecular flexibility index (Phi) is 4.01. The topological polar surface area (TPSA) is 38.1 Å². The Morgan fingerprint density at radius 1 is 1.33 bits per heavy atom. The highest BCUT2D eigenvalue weighted by Crippen LogP contribution is 2.25. The number of aromatic nitrogens is 2. The van der Waals surface area contributed by atoms with Crippen LogP contribution in [0.4, 0.5) is 0 Å². The van der Waals surface area contributed by atoms with Crippen molar-refractivity contribution in [1.29, 1.82) is 0 Å². The highest BCUT2D eigenvalue weighted by Gasteiger charge is 2.25. The third kappa shape index (κ3) is 2.97. The predicted molar refractivity (Wildman–Crippen MR) is 84.1 cm³/mol. The van der Waals surface area contributed by atoms with Crippen molar-refractivity contribution in [3.63, 3.8) is 0 Å². The van der Waals surface area contributed by atoms with Crippen LogP contribution in [0, 0.1) is 0 Å². The number of aryl methyl sites for hydroxylation is 1. The molecular weight excluding hydrogens is 282 g/mol. The molecule has 1 atom stereocenters. The first-order chi connectivity index (χ1) is 10.1. The van der Waals surface area contributed by atoms with Gasteiger partial charge in [-0.1, -0.05) is 36.0 Å². The number of hydrogen-bond acceptors (Lipinski definition) is 3. The van der Waals surface area contributed by atoms with Crippen molar-refractivity contribution in [1.82, 2.24) is 14.5 Å². The standard InChI is InChI=1S/C16H19N3OS/c1-12(21-16-17-8-10-18(16)2)15(20)19-9-7-13-5-3-4-6-14(13)11-19/h3-6,8,10,12H,7,9,11H2,1-2H3/t12-/m1/s1. The van der Waals surface area contributed by atoms with E-state index in [4.69, 9.17) is 0 Å². The zero-order chi connectivity index (χ0) is 14.8. The van der Waals surface area contributed by atoms with Gasteiger partial charge in [0, 0.05) is 32.5 Å². The molecule has 1 amide bonds. The van der Waals surface area contributed by atoms with Gasteiger partial charge in [0.05, 0.1) is 5.25 Å². The van der Waals surface area contributed by atoms with E-state index in [0.29, 0.717) is 0 Å². The number of imidazole rings is 1. The average Bonchev–Trinajstić information content (AvgIpc) is 2.91. The SMILES string of the molecule is C[C@@H](Sc1nccn1C)C(=O)N1CCc2ccccc2C1. The highest BCUT2D eigenvalue weighted by atomic mass is 32.2. The van der Waals surface area contributed by atoms with Crippen molar-refractivity contribution < 1.29 is 4.79 Å². The maximum absolute atomic E-state index is 12.6. The van der Waals surface area contributed by atoms with Gasteiger partial charge in [0.2, 0.25) is 5.91 Å². The Morgan fingerprint density at radius 2 is 2.10 bits per heavy atom. The molecule has 1 aliphatic rings. The molecule has 0 saturated carbocycles. The van der Waals surface area contributed by atoms with E-state index < -0.39 is 0 Å². The third-order valence-electron chi connectivity index (χ3n) is 3.85. The smallest absolute Gasteiger partial charge is 0.236 e. The molecule has 0 aliphatic carbocycles. The Hall–Kier alpha value is -1.75. The molecule has 0 N–H and O–H groups in total. The van der Waals surface area contributed by atoms with Crippen LogP contribution < -0.4 is 0 Å². The van der Waals surface area contributed by atoms with E-state index in [1.807, 2.05) is 35.7 Å². The molecule has 1 aromatic carbocycles. The van der Waals surface area contributed by atoms with Crippen molar-refractivity contribution in [2.45, 2.75) is 30.3 Å². The summed E-state index contributed by atoms with van der Waals surface area (Å²) >= 11 is 1.52. The molecule has 2 heterocycles. The molecular formula is C16H19N3OS. The third-order valence-corrected chi connectivity index (χ3v) is 5.01. The molecule has 0 saturated heterocycles. The van der Waals surface area contributed by atoms with Crippen molar-refractivity contribution in [2.24, 2.45) is 7.05 Å². The lowest BCUT2D eigenvalue weighted by molar-refractivity contribution is -0.131. The summed E-state index contributed by atoms with van der Waals surface area (Å²) in [5, 5.41) is 0.768. The Balaban J connectivity index is 1.67. The summed E-state index contributed by atoms with van der Waals surface area (Å²) in [6.07, 6.45) is 4.61. The van der Waals surface area contributed by atoms with Crippen LogP contribution in [0.25, 0.3) is 0 Å². The van der Waals surface area contributed by atoms with Gasteiger partial charge in [-0.2, -0.15) is 0 Å². The van der Waals surface area contributed by atoms with Crippen molar-refractivity contribution >= 4 is 17.7 Å². The zero-order valence-corrected chi connectivity index (χ0v) is 13.1. The fourth-order valence-corrected chi connectivity index (χ4v) is 3.53. The number of fused-ring (bicyclic) bond motifs is 1. The Bertz CT molecular complexity index is 652. The van der Waals surface area contributed by atoms with Crippen LogP contribution in [0.15, 0.2) is 41.8 Å². The number of benzene rings is 1. The van der Waals surface area contributed by atoms with Gasteiger partial charge in [0.25, 0.3) is 0 Å². The summed E-state index contributed by atoms with van der Waals surface area (Å²) in [6.45, 7) is 3.49. The summed E-state index contributed by atoms with van der Waals surface area (Å²) in [5.41, 5.74) is 2.64. The van der Waals surface area contributed by atoms with Crippen molar-refractivity contribution in [2.75, 3.05) is 6.54 Å². The minimum absolute atomic E-state index is 0.114. The maximum atomic E-state index is 12.6. The number of hydrogen-bond donors (Lipinski definition) is 0. The van der Waals surface area contributed by atoms with Crippen LogP contribution in [0.2, 0.25) is 0 Å². The van der Waals surface area contributed by atoms with Crippen molar-refractivity contribution in [3.05, 3.63) is 47.8 Å². The molecule has 0 radical (unpaired) electrons. The van der Waals surface area contributed by atoms with Gasteiger partial charge < -0.3 is 9.47 Å². The minimum Gasteiger partial charge on any atom is -0.337 e. The number of carbonyl (C=O) groups is 1. The van der Waals surface area contributed by atoms with Crippen molar-refractivity contribution in [3.8, 4) is 0 Å². The van der Waals surface area contributed by atoms with Crippen LogP contribution in [0.5, 0.6) is 0 Å². The summed E-state index contributed by atoms with van der Waals surface area (Å²) in [5.74, 6) is 0.192. The van der Waals surface area contributed by atoms with Crippen LogP contribution in [-0.4, -0.2) is 32.2 Å². The fourth-order valence-electron chi connectivity index (χ4n) is 2.61. The second kappa shape index (κ2) is 5.93. The van der Waals surface area contributed by atoms with Gasteiger partial charge in [-0.05, 0) is 24.5 Å². The molecule has 0 spiro atoms. The number of carbonyl (C=O) groups excluding carboxylic acids is 1. The van der Waals surface area contributed by atoms with E-state index in [-0.39, 0.29) is 11.2 Å². The zero-order valence-electron chi connectivity index (χ0n) is 12.3. The number of nitrogens with zero attached hydrogens (tertiary/aromatic N) is 3. The Labute approximate surface area is 129 Å². The second-order valence-electron chi connectivity index (χ2n) is 5.36. The fraction of sp³-hybridized carbons (Fsp3) is 0.375. The second-order valence-corrected chi connectivity index (χ2v) is 6.67. The van der Waals surface area contributed by atoms with E-state index in [1.165, 1.54) is 22.9 Å². The Morgan fingerprint density at radius 3 is 2.81 bits per heavy atom. The molecule has 2 aromatic rings. The molecule has 5 heteroatoms. The van der Waals surface area contributed by atoms with E-state index in [0.717, 1.165) is 24.7 Å². The van der Waals surface area contributed by atoms with Gasteiger partial charge in [-0.25, -0.2) is 4.98 Å². The van der Waals surface area contributed by atoms with Crippen LogP contribution in [-0.2, 0) is 24.8 Å². The quantitative estimate of drug-likeness (QED) is 0.818. The summed E-state index contributed by atoms with van der Waals surface area (Å²) in [4.78, 5) is 18.8. The van der Waals surface area contributed by atoms with E-state index in [1.54, 1.807) is 6.20 Å². The summed E-state index contributed by atoms with van der Waals surface area (Å²) < 4.78 is 1.94. The molecule has 1 aromatic heterocycles. The van der Waals surface area contributed by atoms with E-state index in [9.17, 15) is 4.79 Å². The van der Waals surface area contributed by atoms with Gasteiger partial charge in [-0.3, -0.25) is 4.79 Å². The molecule has 1 aliphatic heterocycles. The summed E-state index contributed by atoms with van der Waals surface area (Å²) in [6, 6.07) is 8.38. The first-order valence-corrected chi connectivity index (χ1v) is 8.02. The average molecular weight is 301 g/mol. The molecule has 0 bridgehead atoms. The monoisotopic (exact) mass is 301 g/mol. The van der Waals surface area contributed by atoms with Gasteiger partial charge in [-0.15, -0.1) is 0 Å². The van der Waals surface area contributed by atoms with Gasteiger partial charge >= 0.3 is 0 Å². The van der Waals surface area contributed by atoms with Crippen LogP contribution in [0.3, 0.4) is 0 Å². The summed E-state index contributed by atoms with van der Waals surface area (Å²) in [7, 11) is 1.95. The normalized spacial score (nSPS) is 15.6. The number of amides is 1. The van der Waals surface area contributed by atoms with E-state index in [2.05, 4.69) is 23.2 Å².